The number of halogens is 1. The molecule has 0 aliphatic heterocycles. The molecule has 156 valence electrons. The highest BCUT2D eigenvalue weighted by molar-refractivity contribution is 5.93. The zero-order chi connectivity index (χ0) is 21.8. The molecule has 2 aromatic heterocycles. The molecule has 3 rings (SSSR count). The van der Waals surface area contributed by atoms with E-state index in [1.807, 2.05) is 36.6 Å². The molecule has 0 amide bonds. The molecule has 3 aromatic rings. The van der Waals surface area contributed by atoms with Crippen molar-refractivity contribution < 1.29 is 9.13 Å². The Labute approximate surface area is 177 Å². The molecule has 5 heteroatoms. The number of fused-ring (bicyclic) bond motifs is 1. The van der Waals surface area contributed by atoms with Gasteiger partial charge in [0, 0.05) is 35.4 Å². The summed E-state index contributed by atoms with van der Waals surface area (Å²) >= 11 is 0. The van der Waals surface area contributed by atoms with E-state index in [0.717, 1.165) is 40.0 Å². The number of pyridine rings is 1. The van der Waals surface area contributed by atoms with E-state index in [-0.39, 0.29) is 5.82 Å². The molecule has 2 heterocycles. The molecule has 0 aliphatic rings. The van der Waals surface area contributed by atoms with Crippen LogP contribution in [0.25, 0.3) is 17.0 Å². The Morgan fingerprint density at radius 3 is 2.77 bits per heavy atom. The van der Waals surface area contributed by atoms with Crippen LogP contribution >= 0.6 is 0 Å². The van der Waals surface area contributed by atoms with E-state index < -0.39 is 0 Å². The van der Waals surface area contributed by atoms with Crippen LogP contribution in [0.1, 0.15) is 54.0 Å². The van der Waals surface area contributed by atoms with Gasteiger partial charge in [0.25, 0.3) is 0 Å². The number of nitriles is 1. The maximum absolute atomic E-state index is 15.1. The highest BCUT2D eigenvalue weighted by Crippen LogP contribution is 2.34. The van der Waals surface area contributed by atoms with Crippen molar-refractivity contribution in [2.75, 3.05) is 6.61 Å². The third-order valence-corrected chi connectivity index (χ3v) is 5.52. The van der Waals surface area contributed by atoms with Crippen LogP contribution in [0.2, 0.25) is 0 Å². The smallest absolute Gasteiger partial charge is 0.128 e. The number of aromatic nitrogens is 2. The third kappa shape index (κ3) is 4.29. The summed E-state index contributed by atoms with van der Waals surface area (Å²) in [5, 5.41) is 10.5. The fourth-order valence-corrected chi connectivity index (χ4v) is 3.70. The molecule has 0 unspecified atom stereocenters. The average molecular weight is 406 g/mol. The van der Waals surface area contributed by atoms with Crippen LogP contribution in [0.3, 0.4) is 0 Å². The van der Waals surface area contributed by atoms with Crippen molar-refractivity contribution in [2.24, 2.45) is 5.92 Å². The van der Waals surface area contributed by atoms with E-state index in [4.69, 9.17) is 4.74 Å². The van der Waals surface area contributed by atoms with Gasteiger partial charge in [-0.25, -0.2) is 4.39 Å². The Bertz CT molecular complexity index is 1120. The second-order valence-corrected chi connectivity index (χ2v) is 8.01. The number of benzene rings is 1. The average Bonchev–Trinajstić information content (AvgIpc) is 2.98. The second kappa shape index (κ2) is 9.23. The van der Waals surface area contributed by atoms with Gasteiger partial charge in [-0.2, -0.15) is 5.26 Å². The first-order valence-corrected chi connectivity index (χ1v) is 10.2. The number of ether oxygens (including phenoxy) is 1. The van der Waals surface area contributed by atoms with Crippen LogP contribution in [0.4, 0.5) is 4.39 Å². The minimum absolute atomic E-state index is 0.322. The van der Waals surface area contributed by atoms with Gasteiger partial charge in [0.2, 0.25) is 0 Å². The fraction of sp³-hybridized carbons (Fsp3) is 0.360. The number of aryl methyl sites for hydroxylation is 1. The number of rotatable bonds is 8. The van der Waals surface area contributed by atoms with Gasteiger partial charge in [0.15, 0.2) is 0 Å². The van der Waals surface area contributed by atoms with Crippen LogP contribution in [-0.4, -0.2) is 16.2 Å². The van der Waals surface area contributed by atoms with Gasteiger partial charge in [0.1, 0.15) is 18.6 Å². The molecule has 0 spiro atoms. The van der Waals surface area contributed by atoms with Crippen molar-refractivity contribution in [3.63, 3.8) is 0 Å². The Hall–Kier alpha value is -2.97. The Morgan fingerprint density at radius 1 is 1.33 bits per heavy atom. The first kappa shape index (κ1) is 21.7. The molecule has 0 aliphatic carbocycles. The lowest BCUT2D eigenvalue weighted by atomic mass is 9.98. The van der Waals surface area contributed by atoms with Gasteiger partial charge < -0.3 is 9.30 Å². The van der Waals surface area contributed by atoms with Gasteiger partial charge in [-0.1, -0.05) is 26.5 Å². The van der Waals surface area contributed by atoms with Gasteiger partial charge in [-0.05, 0) is 56.0 Å². The molecule has 4 nitrogen and oxygen atoms in total. The molecular weight excluding hydrogens is 377 g/mol. The predicted molar refractivity (Wildman–Crippen MR) is 119 cm³/mol. The number of hydrogen-bond acceptors (Lipinski definition) is 3. The third-order valence-electron chi connectivity index (χ3n) is 5.52. The first-order chi connectivity index (χ1) is 14.4. The first-order valence-electron chi connectivity index (χ1n) is 10.2. The fourth-order valence-electron chi connectivity index (χ4n) is 3.70. The number of nitrogens with zero attached hydrogens (tertiary/aromatic N) is 3. The van der Waals surface area contributed by atoms with Crippen molar-refractivity contribution in [1.82, 2.24) is 9.55 Å². The Kier molecular flexibility index (Phi) is 6.69. The van der Waals surface area contributed by atoms with E-state index in [1.54, 1.807) is 6.08 Å². The van der Waals surface area contributed by atoms with Gasteiger partial charge in [-0.15, -0.1) is 0 Å². The SMILES string of the molecule is C=Cc1cccc(Cc2c(F)cc(C#N)c3c2c(C)c(C)n3COCCC(C)C)n1. The highest BCUT2D eigenvalue weighted by atomic mass is 19.1. The summed E-state index contributed by atoms with van der Waals surface area (Å²) in [4.78, 5) is 4.53. The van der Waals surface area contributed by atoms with Crippen molar-refractivity contribution in [3.8, 4) is 6.07 Å². The largest absolute Gasteiger partial charge is 0.361 e. The van der Waals surface area contributed by atoms with E-state index >= 15 is 4.39 Å². The quantitative estimate of drug-likeness (QED) is 0.437. The molecule has 0 bridgehead atoms. The Morgan fingerprint density at radius 2 is 2.10 bits per heavy atom. The monoisotopic (exact) mass is 405 g/mol. The minimum Gasteiger partial charge on any atom is -0.361 e. The summed E-state index contributed by atoms with van der Waals surface area (Å²) in [5.41, 5.74) is 5.06. The minimum atomic E-state index is -0.383. The summed E-state index contributed by atoms with van der Waals surface area (Å²) in [6.07, 6.45) is 2.98. The van der Waals surface area contributed by atoms with Crippen LogP contribution in [-0.2, 0) is 17.9 Å². The number of hydrogen-bond donors (Lipinski definition) is 0. The molecule has 0 saturated heterocycles. The van der Waals surface area contributed by atoms with Crippen LogP contribution in [0, 0.1) is 36.9 Å². The maximum Gasteiger partial charge on any atom is 0.128 e. The van der Waals surface area contributed by atoms with E-state index in [2.05, 4.69) is 31.5 Å². The zero-order valence-corrected chi connectivity index (χ0v) is 18.1. The molecular formula is C25H28FN3O. The normalized spacial score (nSPS) is 11.2. The van der Waals surface area contributed by atoms with E-state index in [9.17, 15) is 5.26 Å². The lowest BCUT2D eigenvalue weighted by Crippen LogP contribution is -2.08. The van der Waals surface area contributed by atoms with E-state index in [0.29, 0.717) is 36.8 Å². The maximum atomic E-state index is 15.1. The summed E-state index contributed by atoms with van der Waals surface area (Å²) in [7, 11) is 0. The molecule has 0 radical (unpaired) electrons. The Balaban J connectivity index is 2.10. The van der Waals surface area contributed by atoms with Crippen molar-refractivity contribution in [1.29, 1.82) is 5.26 Å². The second-order valence-electron chi connectivity index (χ2n) is 8.01. The molecule has 0 N–H and O–H groups in total. The molecule has 0 fully saturated rings. The molecule has 0 atom stereocenters. The van der Waals surface area contributed by atoms with Gasteiger partial charge in [0.05, 0.1) is 16.8 Å². The molecule has 30 heavy (non-hydrogen) atoms. The topological polar surface area (TPSA) is 50.8 Å². The van der Waals surface area contributed by atoms with Crippen LogP contribution in [0.5, 0.6) is 0 Å². The van der Waals surface area contributed by atoms with Crippen molar-refractivity contribution in [2.45, 2.75) is 47.3 Å². The predicted octanol–water partition coefficient (Wildman–Crippen LogP) is 5.92. The molecule has 0 saturated carbocycles. The lowest BCUT2D eigenvalue weighted by Gasteiger charge is -2.13. The molecule has 1 aromatic carbocycles. The van der Waals surface area contributed by atoms with Gasteiger partial charge in [-0.3, -0.25) is 4.98 Å². The van der Waals surface area contributed by atoms with Gasteiger partial charge >= 0.3 is 0 Å². The van der Waals surface area contributed by atoms with Crippen molar-refractivity contribution in [3.05, 3.63) is 70.4 Å². The summed E-state index contributed by atoms with van der Waals surface area (Å²) in [6.45, 7) is 13.0. The van der Waals surface area contributed by atoms with Crippen LogP contribution in [0.15, 0.2) is 30.8 Å². The summed E-state index contributed by atoms with van der Waals surface area (Å²) in [5.74, 6) is 0.175. The van der Waals surface area contributed by atoms with Crippen molar-refractivity contribution >= 4 is 17.0 Å². The summed E-state index contributed by atoms with van der Waals surface area (Å²) in [6, 6.07) is 9.13. The standard InChI is InChI=1S/C25H28FN3O/c1-6-20-8-7-9-21(28-20)13-22-23(26)12-19(14-27)25-24(22)17(4)18(5)29(25)15-30-11-10-16(2)3/h6-9,12,16H,1,10-11,13,15H2,2-5H3. The van der Waals surface area contributed by atoms with E-state index in [1.165, 1.54) is 6.07 Å². The lowest BCUT2D eigenvalue weighted by molar-refractivity contribution is 0.0708. The highest BCUT2D eigenvalue weighted by Gasteiger charge is 2.21. The zero-order valence-electron chi connectivity index (χ0n) is 18.1. The summed E-state index contributed by atoms with van der Waals surface area (Å²) < 4.78 is 23.0. The van der Waals surface area contributed by atoms with Crippen LogP contribution < -0.4 is 0 Å².